The van der Waals surface area contributed by atoms with Crippen molar-refractivity contribution in [1.29, 1.82) is 0 Å². The Morgan fingerprint density at radius 3 is 2.60 bits per heavy atom. The van der Waals surface area contributed by atoms with Gasteiger partial charge < -0.3 is 9.84 Å². The zero-order valence-corrected chi connectivity index (χ0v) is 9.18. The Labute approximate surface area is 89.2 Å². The van der Waals surface area contributed by atoms with Gasteiger partial charge in [0.25, 0.3) is 0 Å². The molecule has 0 aromatic carbocycles. The second-order valence-electron chi connectivity index (χ2n) is 3.49. The predicted octanol–water partition coefficient (Wildman–Crippen LogP) is 1.26. The molecule has 0 aromatic heterocycles. The highest BCUT2D eigenvalue weighted by molar-refractivity contribution is 5.67. The zero-order chi connectivity index (χ0) is 11.7. The van der Waals surface area contributed by atoms with Crippen LogP contribution < -0.4 is 0 Å². The molecule has 0 heterocycles. The number of unbranched alkanes of at least 4 members (excludes halogenated alkanes) is 1. The van der Waals surface area contributed by atoms with Crippen LogP contribution in [0.3, 0.4) is 0 Å². The molecule has 1 N–H and O–H groups in total. The number of nitrogens with zero attached hydrogens (tertiary/aromatic N) is 2. The topological polar surface area (TPSA) is 79.2 Å². The fourth-order valence-corrected chi connectivity index (χ4v) is 1.03. The Kier molecular flexibility index (Phi) is 7.53. The van der Waals surface area contributed by atoms with Crippen LogP contribution in [-0.2, 0) is 9.53 Å². The van der Waals surface area contributed by atoms with E-state index in [0.29, 0.717) is 13.2 Å². The smallest absolute Gasteiger partial charge is 0.329 e. The Morgan fingerprint density at radius 1 is 1.47 bits per heavy atom. The van der Waals surface area contributed by atoms with Crippen LogP contribution in [0.25, 0.3) is 0 Å². The van der Waals surface area contributed by atoms with Gasteiger partial charge in [0, 0.05) is 19.2 Å². The maximum Gasteiger partial charge on any atom is 0.329 e. The molecule has 15 heavy (non-hydrogen) atoms. The molecule has 0 radical (unpaired) electrons. The van der Waals surface area contributed by atoms with Crippen molar-refractivity contribution >= 4 is 5.97 Å². The van der Waals surface area contributed by atoms with Crippen molar-refractivity contribution in [1.82, 2.24) is 5.01 Å². The molecule has 6 nitrogen and oxygen atoms in total. The van der Waals surface area contributed by atoms with Crippen LogP contribution in [0.1, 0.15) is 26.7 Å². The summed E-state index contributed by atoms with van der Waals surface area (Å²) in [6.45, 7) is 4.50. The number of rotatable bonds is 9. The van der Waals surface area contributed by atoms with Crippen molar-refractivity contribution in [3.05, 3.63) is 4.91 Å². The molecule has 0 spiro atoms. The summed E-state index contributed by atoms with van der Waals surface area (Å²) in [4.78, 5) is 20.4. The van der Waals surface area contributed by atoms with Crippen molar-refractivity contribution in [2.75, 3.05) is 19.8 Å². The summed E-state index contributed by atoms with van der Waals surface area (Å²) in [6, 6.07) is 0.0995. The average molecular weight is 218 g/mol. The van der Waals surface area contributed by atoms with E-state index in [-0.39, 0.29) is 12.6 Å². The lowest BCUT2D eigenvalue weighted by Crippen LogP contribution is -2.26. The molecule has 0 atom stereocenters. The van der Waals surface area contributed by atoms with Crippen LogP contribution in [0.4, 0.5) is 0 Å². The number of ether oxygens (including phenoxy) is 1. The number of carboxylic acids is 1. The average Bonchev–Trinajstić information content (AvgIpc) is 2.15. The molecule has 0 aliphatic heterocycles. The molecule has 0 amide bonds. The third-order valence-corrected chi connectivity index (χ3v) is 1.85. The van der Waals surface area contributed by atoms with Gasteiger partial charge in [-0.2, -0.15) is 0 Å². The standard InChI is InChI=1S/C9H18N2O4/c1-8(2)11(10-14)5-3-4-6-15-7-9(12)13/h8H,3-7H2,1-2H3,(H,12,13). The summed E-state index contributed by atoms with van der Waals surface area (Å²) < 4.78 is 4.84. The number of hydrogen-bond donors (Lipinski definition) is 1. The molecule has 88 valence electrons. The van der Waals surface area contributed by atoms with Gasteiger partial charge in [0.05, 0.1) is 5.29 Å². The lowest BCUT2D eigenvalue weighted by molar-refractivity contribution is -0.142. The van der Waals surface area contributed by atoms with E-state index in [9.17, 15) is 9.70 Å². The van der Waals surface area contributed by atoms with E-state index >= 15 is 0 Å². The summed E-state index contributed by atoms with van der Waals surface area (Å²) in [5.74, 6) is -0.964. The quantitative estimate of drug-likeness (QED) is 0.358. The highest BCUT2D eigenvalue weighted by Gasteiger charge is 2.06. The van der Waals surface area contributed by atoms with Gasteiger partial charge in [-0.1, -0.05) is 0 Å². The van der Waals surface area contributed by atoms with Crippen LogP contribution >= 0.6 is 0 Å². The van der Waals surface area contributed by atoms with Gasteiger partial charge in [-0.05, 0) is 26.7 Å². The van der Waals surface area contributed by atoms with Crippen molar-refractivity contribution in [2.45, 2.75) is 32.7 Å². The minimum absolute atomic E-state index is 0.0995. The molecule has 6 heteroatoms. The van der Waals surface area contributed by atoms with Gasteiger partial charge in [0.15, 0.2) is 0 Å². The minimum atomic E-state index is -0.964. The molecular weight excluding hydrogens is 200 g/mol. The van der Waals surface area contributed by atoms with Gasteiger partial charge in [-0.25, -0.2) is 4.79 Å². The first-order chi connectivity index (χ1) is 7.07. The Morgan fingerprint density at radius 2 is 2.13 bits per heavy atom. The third kappa shape index (κ3) is 7.87. The van der Waals surface area contributed by atoms with Crippen LogP contribution in [0.2, 0.25) is 0 Å². The summed E-state index contributed by atoms with van der Waals surface area (Å²) in [5.41, 5.74) is 0. The van der Waals surface area contributed by atoms with Gasteiger partial charge in [0.2, 0.25) is 0 Å². The third-order valence-electron chi connectivity index (χ3n) is 1.85. The summed E-state index contributed by atoms with van der Waals surface area (Å²) in [7, 11) is 0. The van der Waals surface area contributed by atoms with Crippen LogP contribution in [-0.4, -0.2) is 41.9 Å². The first-order valence-electron chi connectivity index (χ1n) is 4.97. The van der Waals surface area contributed by atoms with E-state index in [0.717, 1.165) is 12.8 Å². The van der Waals surface area contributed by atoms with Gasteiger partial charge in [-0.3, -0.25) is 5.01 Å². The maximum absolute atomic E-state index is 10.3. The van der Waals surface area contributed by atoms with Crippen molar-refractivity contribution in [3.8, 4) is 0 Å². The fourth-order valence-electron chi connectivity index (χ4n) is 1.03. The molecule has 0 rings (SSSR count). The van der Waals surface area contributed by atoms with E-state index in [1.807, 2.05) is 13.8 Å². The van der Waals surface area contributed by atoms with E-state index < -0.39 is 5.97 Å². The number of nitroso groups, excluding NO2 is 1. The Bertz CT molecular complexity index is 197. The van der Waals surface area contributed by atoms with Crippen LogP contribution in [0.15, 0.2) is 5.29 Å². The molecule has 0 aromatic rings. The predicted molar refractivity (Wildman–Crippen MR) is 55.3 cm³/mol. The molecule has 0 unspecified atom stereocenters. The summed E-state index contributed by atoms with van der Waals surface area (Å²) >= 11 is 0. The van der Waals surface area contributed by atoms with E-state index in [4.69, 9.17) is 9.84 Å². The van der Waals surface area contributed by atoms with Crippen molar-refractivity contribution < 1.29 is 14.6 Å². The van der Waals surface area contributed by atoms with Crippen molar-refractivity contribution in [2.24, 2.45) is 5.29 Å². The van der Waals surface area contributed by atoms with Gasteiger partial charge >= 0.3 is 5.97 Å². The highest BCUT2D eigenvalue weighted by atomic mass is 16.5. The number of hydrogen-bond acceptors (Lipinski definition) is 4. The highest BCUT2D eigenvalue weighted by Crippen LogP contribution is 2.01. The summed E-state index contributed by atoms with van der Waals surface area (Å²) in [6.07, 6.45) is 1.50. The first-order valence-corrected chi connectivity index (χ1v) is 4.97. The lowest BCUT2D eigenvalue weighted by atomic mass is 10.3. The number of aliphatic carboxylic acids is 1. The maximum atomic E-state index is 10.3. The summed E-state index contributed by atoms with van der Waals surface area (Å²) in [5, 5.41) is 12.6. The van der Waals surface area contributed by atoms with E-state index in [1.165, 1.54) is 5.01 Å². The normalized spacial score (nSPS) is 10.3. The van der Waals surface area contributed by atoms with Crippen molar-refractivity contribution in [3.63, 3.8) is 0 Å². The number of carbonyl (C=O) groups is 1. The van der Waals surface area contributed by atoms with Crippen LogP contribution in [0.5, 0.6) is 0 Å². The Hall–Kier alpha value is -1.17. The second-order valence-corrected chi connectivity index (χ2v) is 3.49. The zero-order valence-electron chi connectivity index (χ0n) is 9.18. The molecule has 0 bridgehead atoms. The Balaban J connectivity index is 3.37. The lowest BCUT2D eigenvalue weighted by Gasteiger charge is -2.18. The monoisotopic (exact) mass is 218 g/mol. The molecule has 0 aliphatic carbocycles. The minimum Gasteiger partial charge on any atom is -0.480 e. The largest absolute Gasteiger partial charge is 0.480 e. The molecule has 0 aliphatic rings. The first kappa shape index (κ1) is 13.8. The molecule has 0 fully saturated rings. The second kappa shape index (κ2) is 8.16. The van der Waals surface area contributed by atoms with Gasteiger partial charge in [-0.15, -0.1) is 4.91 Å². The number of carboxylic acid groups (broad SMARTS) is 1. The van der Waals surface area contributed by atoms with Gasteiger partial charge in [0.1, 0.15) is 6.61 Å². The van der Waals surface area contributed by atoms with E-state index in [1.54, 1.807) is 0 Å². The fraction of sp³-hybridized carbons (Fsp3) is 0.889. The van der Waals surface area contributed by atoms with E-state index in [2.05, 4.69) is 5.29 Å². The molecule has 0 saturated carbocycles. The molecular formula is C9H18N2O4. The molecule has 0 saturated heterocycles. The SMILES string of the molecule is CC(C)N(CCCCOCC(=O)O)N=O. The van der Waals surface area contributed by atoms with Crippen LogP contribution in [0, 0.1) is 4.91 Å².